The number of methoxy groups -OCH3 is 1. The van der Waals surface area contributed by atoms with E-state index in [1.807, 2.05) is 24.3 Å². The Morgan fingerprint density at radius 2 is 1.94 bits per heavy atom. The summed E-state index contributed by atoms with van der Waals surface area (Å²) in [7, 11) is 1.60. The third-order valence-corrected chi connectivity index (χ3v) is 5.93. The molecule has 2 aliphatic rings. The molecule has 1 fully saturated rings. The van der Waals surface area contributed by atoms with E-state index in [1.54, 1.807) is 7.11 Å². The van der Waals surface area contributed by atoms with Crippen molar-refractivity contribution in [3.05, 3.63) is 65.2 Å². The van der Waals surface area contributed by atoms with E-state index in [0.29, 0.717) is 38.5 Å². The van der Waals surface area contributed by atoms with Crippen molar-refractivity contribution in [1.82, 2.24) is 10.2 Å². The lowest BCUT2D eigenvalue weighted by molar-refractivity contribution is -0.138. The molecule has 0 saturated carbocycles. The number of nitrogens with zero attached hydrogens (tertiary/aromatic N) is 2. The molecule has 0 aromatic heterocycles. The number of benzene rings is 2. The van der Waals surface area contributed by atoms with Crippen LogP contribution in [0.3, 0.4) is 0 Å². The number of anilines is 1. The van der Waals surface area contributed by atoms with Crippen molar-refractivity contribution >= 4 is 17.4 Å². The minimum Gasteiger partial charge on any atom is -0.383 e. The maximum atomic E-state index is 13.5. The number of hydrogen-bond donors (Lipinski definition) is 2. The standard InChI is InChI=1S/C23H25F3N4O2/c1-32-13-11-27-21-22(28-14-16-6-2-5-9-19(16)29-21)10-12-30(15-22)20(31)17-7-3-4-8-18(17)23(24,25)26/h2-9,28H,10-15H2,1H3,(H,27,29). The fourth-order valence-electron chi connectivity index (χ4n) is 4.24. The van der Waals surface area contributed by atoms with Gasteiger partial charge in [-0.2, -0.15) is 13.2 Å². The number of amidine groups is 1. The maximum absolute atomic E-state index is 13.5. The van der Waals surface area contributed by atoms with Crippen LogP contribution in [-0.4, -0.2) is 55.5 Å². The van der Waals surface area contributed by atoms with Crippen LogP contribution in [0.2, 0.25) is 0 Å². The number of para-hydroxylation sites is 1. The van der Waals surface area contributed by atoms with Gasteiger partial charge in [-0.05, 0) is 30.2 Å². The smallest absolute Gasteiger partial charge is 0.383 e. The second-order valence-electron chi connectivity index (χ2n) is 7.96. The summed E-state index contributed by atoms with van der Waals surface area (Å²) < 4.78 is 45.5. The molecule has 2 aromatic rings. The van der Waals surface area contributed by atoms with Crippen LogP contribution in [0.15, 0.2) is 53.5 Å². The minimum absolute atomic E-state index is 0.213. The Morgan fingerprint density at radius 1 is 1.19 bits per heavy atom. The summed E-state index contributed by atoms with van der Waals surface area (Å²) in [4.78, 5) is 19.3. The molecule has 1 saturated heterocycles. The Bertz CT molecular complexity index is 1020. The number of carbonyl (C=O) groups excluding carboxylic acids is 1. The zero-order chi connectivity index (χ0) is 22.8. The van der Waals surface area contributed by atoms with E-state index >= 15 is 0 Å². The van der Waals surface area contributed by atoms with Gasteiger partial charge in [0.05, 0.1) is 29.8 Å². The molecule has 1 spiro atoms. The molecule has 2 aromatic carbocycles. The Morgan fingerprint density at radius 3 is 2.72 bits per heavy atom. The molecule has 1 amide bonds. The predicted octanol–water partition coefficient (Wildman–Crippen LogP) is 3.55. The van der Waals surface area contributed by atoms with Gasteiger partial charge in [0.2, 0.25) is 0 Å². The highest BCUT2D eigenvalue weighted by Crippen LogP contribution is 2.34. The van der Waals surface area contributed by atoms with Gasteiger partial charge in [0, 0.05) is 32.4 Å². The van der Waals surface area contributed by atoms with E-state index in [2.05, 4.69) is 10.6 Å². The SMILES string of the molecule is COCCN=C1Nc2ccccc2CNC12CCN(C(=O)c1ccccc1C(F)(F)F)C2. The van der Waals surface area contributed by atoms with Gasteiger partial charge in [-0.25, -0.2) is 0 Å². The zero-order valence-electron chi connectivity index (χ0n) is 17.7. The zero-order valence-corrected chi connectivity index (χ0v) is 17.7. The fourth-order valence-corrected chi connectivity index (χ4v) is 4.24. The van der Waals surface area contributed by atoms with E-state index in [9.17, 15) is 18.0 Å². The summed E-state index contributed by atoms with van der Waals surface area (Å²) in [5.41, 5.74) is 0.0330. The first-order valence-electron chi connectivity index (χ1n) is 10.4. The van der Waals surface area contributed by atoms with Gasteiger partial charge in [-0.3, -0.25) is 15.1 Å². The number of fused-ring (bicyclic) bond motifs is 1. The maximum Gasteiger partial charge on any atom is 0.417 e. The van der Waals surface area contributed by atoms with Crippen molar-refractivity contribution in [3.8, 4) is 0 Å². The van der Waals surface area contributed by atoms with Crippen molar-refractivity contribution < 1.29 is 22.7 Å². The van der Waals surface area contributed by atoms with Crippen LogP contribution in [0, 0.1) is 0 Å². The van der Waals surface area contributed by atoms with E-state index in [0.717, 1.165) is 17.3 Å². The first-order valence-corrected chi connectivity index (χ1v) is 10.4. The van der Waals surface area contributed by atoms with Crippen molar-refractivity contribution in [2.75, 3.05) is 38.7 Å². The Balaban J connectivity index is 1.63. The van der Waals surface area contributed by atoms with Crippen molar-refractivity contribution in [1.29, 1.82) is 0 Å². The van der Waals surface area contributed by atoms with Crippen molar-refractivity contribution in [2.45, 2.75) is 24.7 Å². The topological polar surface area (TPSA) is 66.0 Å². The highest BCUT2D eigenvalue weighted by Gasteiger charge is 2.46. The minimum atomic E-state index is -4.60. The Kier molecular flexibility index (Phi) is 6.21. The molecule has 170 valence electrons. The number of halogens is 3. The lowest BCUT2D eigenvalue weighted by Gasteiger charge is -2.31. The summed E-state index contributed by atoms with van der Waals surface area (Å²) in [6.07, 6.45) is -4.07. The van der Waals surface area contributed by atoms with Gasteiger partial charge in [0.15, 0.2) is 0 Å². The van der Waals surface area contributed by atoms with E-state index < -0.39 is 23.2 Å². The molecule has 32 heavy (non-hydrogen) atoms. The van der Waals surface area contributed by atoms with Crippen molar-refractivity contribution in [3.63, 3.8) is 0 Å². The van der Waals surface area contributed by atoms with Crippen LogP contribution in [-0.2, 0) is 17.5 Å². The molecule has 2 N–H and O–H groups in total. The molecule has 0 bridgehead atoms. The fraction of sp³-hybridized carbons (Fsp3) is 0.391. The Labute approximate surface area is 184 Å². The van der Waals surface area contributed by atoms with Gasteiger partial charge in [-0.15, -0.1) is 0 Å². The van der Waals surface area contributed by atoms with Crippen LogP contribution in [0.4, 0.5) is 18.9 Å². The number of nitrogens with one attached hydrogen (secondary N) is 2. The van der Waals surface area contributed by atoms with Gasteiger partial charge in [-0.1, -0.05) is 30.3 Å². The van der Waals surface area contributed by atoms with E-state index in [4.69, 9.17) is 9.73 Å². The molecular weight excluding hydrogens is 421 g/mol. The van der Waals surface area contributed by atoms with E-state index in [1.165, 1.54) is 23.1 Å². The number of carbonyl (C=O) groups is 1. The summed E-state index contributed by atoms with van der Waals surface area (Å²) in [5, 5.41) is 6.92. The molecule has 1 atom stereocenters. The lowest BCUT2D eigenvalue weighted by Crippen LogP contribution is -2.55. The third kappa shape index (κ3) is 4.35. The molecule has 2 aliphatic heterocycles. The van der Waals surface area contributed by atoms with Crippen LogP contribution < -0.4 is 10.6 Å². The molecule has 4 rings (SSSR count). The molecular formula is C23H25F3N4O2. The van der Waals surface area contributed by atoms with Gasteiger partial charge >= 0.3 is 6.18 Å². The number of rotatable bonds is 4. The number of alkyl halides is 3. The molecule has 9 heteroatoms. The Hall–Kier alpha value is -2.91. The molecule has 1 unspecified atom stereocenters. The van der Waals surface area contributed by atoms with Crippen LogP contribution in [0.1, 0.15) is 27.9 Å². The highest BCUT2D eigenvalue weighted by atomic mass is 19.4. The van der Waals surface area contributed by atoms with Gasteiger partial charge in [0.1, 0.15) is 5.84 Å². The van der Waals surface area contributed by atoms with Crippen LogP contribution >= 0.6 is 0 Å². The average Bonchev–Trinajstić information content (AvgIpc) is 3.15. The van der Waals surface area contributed by atoms with Crippen LogP contribution in [0.25, 0.3) is 0 Å². The number of likely N-dealkylation sites (tertiary alicyclic amines) is 1. The molecule has 0 aliphatic carbocycles. The molecule has 6 nitrogen and oxygen atoms in total. The number of ether oxygens (including phenoxy) is 1. The summed E-state index contributed by atoms with van der Waals surface area (Å²) >= 11 is 0. The summed E-state index contributed by atoms with van der Waals surface area (Å²) in [5.74, 6) is 0.0357. The lowest BCUT2D eigenvalue weighted by atomic mass is 9.96. The molecule has 0 radical (unpaired) electrons. The summed E-state index contributed by atoms with van der Waals surface area (Å²) in [6.45, 7) is 1.94. The number of hydrogen-bond acceptors (Lipinski definition) is 4. The first-order chi connectivity index (χ1) is 15.3. The second kappa shape index (κ2) is 8.91. The van der Waals surface area contributed by atoms with E-state index in [-0.39, 0.29) is 12.1 Å². The summed E-state index contributed by atoms with van der Waals surface area (Å²) in [6, 6.07) is 12.7. The van der Waals surface area contributed by atoms with Gasteiger partial charge < -0.3 is 15.0 Å². The predicted molar refractivity (Wildman–Crippen MR) is 116 cm³/mol. The number of aliphatic imine (C=N–C) groups is 1. The largest absolute Gasteiger partial charge is 0.417 e. The molecule has 2 heterocycles. The normalized spacial score (nSPS) is 22.0. The van der Waals surface area contributed by atoms with Gasteiger partial charge in [0.25, 0.3) is 5.91 Å². The first kappa shape index (κ1) is 22.3. The average molecular weight is 446 g/mol. The highest BCUT2D eigenvalue weighted by molar-refractivity contribution is 6.05. The third-order valence-electron chi connectivity index (χ3n) is 5.93. The quantitative estimate of drug-likeness (QED) is 0.705. The van der Waals surface area contributed by atoms with Crippen LogP contribution in [0.5, 0.6) is 0 Å². The second-order valence-corrected chi connectivity index (χ2v) is 7.96. The monoisotopic (exact) mass is 446 g/mol. The van der Waals surface area contributed by atoms with Crippen molar-refractivity contribution in [2.24, 2.45) is 4.99 Å². The number of amides is 1.